The number of fused-ring (bicyclic) bond motifs is 1. The van der Waals surface area contributed by atoms with Gasteiger partial charge in [0.05, 0.1) is 5.52 Å². The van der Waals surface area contributed by atoms with Gasteiger partial charge < -0.3 is 20.1 Å². The van der Waals surface area contributed by atoms with E-state index in [1.54, 1.807) is 0 Å². The van der Waals surface area contributed by atoms with E-state index in [9.17, 15) is 0 Å². The Morgan fingerprint density at radius 3 is 2.31 bits per heavy atom. The molecule has 5 rings (SSSR count). The molecule has 0 spiro atoms. The Kier molecular flexibility index (Phi) is 6.73. The summed E-state index contributed by atoms with van der Waals surface area (Å²) in [7, 11) is 4.07. The summed E-state index contributed by atoms with van der Waals surface area (Å²) in [6, 6.07) is 22.1. The van der Waals surface area contributed by atoms with Gasteiger partial charge >= 0.3 is 0 Å². The van der Waals surface area contributed by atoms with Crippen LogP contribution in [0.5, 0.6) is 0 Å². The maximum Gasteiger partial charge on any atom is 0.225 e. The summed E-state index contributed by atoms with van der Waals surface area (Å²) in [6.45, 7) is 5.33. The average Bonchev–Trinajstić information content (AvgIpc) is 3.16. The number of rotatable bonds is 7. The quantitative estimate of drug-likeness (QED) is 0.369. The highest BCUT2D eigenvalue weighted by atomic mass is 15.2. The van der Waals surface area contributed by atoms with E-state index < -0.39 is 0 Å². The fraction of sp³-hybridized carbons (Fsp3) is 0.379. The van der Waals surface area contributed by atoms with E-state index in [0.717, 1.165) is 54.9 Å². The molecule has 0 saturated heterocycles. The molecule has 1 saturated carbocycles. The lowest BCUT2D eigenvalue weighted by Crippen LogP contribution is -2.37. The zero-order valence-corrected chi connectivity index (χ0v) is 21.3. The van der Waals surface area contributed by atoms with Crippen LogP contribution in [0.2, 0.25) is 0 Å². The summed E-state index contributed by atoms with van der Waals surface area (Å²) in [4.78, 5) is 11.7. The largest absolute Gasteiger partial charge is 0.362 e. The first kappa shape index (κ1) is 23.4. The summed E-state index contributed by atoms with van der Waals surface area (Å²) < 4.78 is 2.35. The van der Waals surface area contributed by atoms with Crippen molar-refractivity contribution in [3.05, 3.63) is 77.6 Å². The molecule has 182 valence electrons. The Balaban J connectivity index is 1.18. The lowest BCUT2D eigenvalue weighted by atomic mass is 9.91. The van der Waals surface area contributed by atoms with Crippen molar-refractivity contribution in [1.29, 1.82) is 0 Å². The van der Waals surface area contributed by atoms with Gasteiger partial charge in [-0.25, -0.2) is 4.98 Å². The maximum absolute atomic E-state index is 4.82. The molecule has 0 atom stereocenters. The zero-order valence-electron chi connectivity index (χ0n) is 21.3. The van der Waals surface area contributed by atoms with Gasteiger partial charge in [-0.1, -0.05) is 30.3 Å². The zero-order chi connectivity index (χ0) is 24.4. The molecule has 1 aliphatic carbocycles. The van der Waals surface area contributed by atoms with Crippen LogP contribution in [-0.4, -0.2) is 40.7 Å². The van der Waals surface area contributed by atoms with Gasteiger partial charge in [-0.3, -0.25) is 0 Å². The fourth-order valence-corrected chi connectivity index (χ4v) is 5.33. The highest BCUT2D eigenvalue weighted by Gasteiger charge is 2.22. The number of para-hydroxylation sites is 2. The van der Waals surface area contributed by atoms with Crippen molar-refractivity contribution in [2.24, 2.45) is 0 Å². The molecule has 0 aliphatic heterocycles. The minimum Gasteiger partial charge on any atom is -0.362 e. The van der Waals surface area contributed by atoms with Crippen LogP contribution in [0.3, 0.4) is 0 Å². The molecule has 6 heteroatoms. The number of aryl methyl sites for hydroxylation is 1. The monoisotopic (exact) mass is 468 g/mol. The average molecular weight is 469 g/mol. The third-order valence-corrected chi connectivity index (χ3v) is 7.20. The van der Waals surface area contributed by atoms with Crippen molar-refractivity contribution in [1.82, 2.24) is 19.9 Å². The standard InChI is InChI=1S/C29H36N6/c1-20-18-22(21(2)35(20)25-10-6-5-7-11-25)19-30-23-14-16-24(17-15-23)31-29-32-27-13-9-8-12-26(27)28(33-29)34(3)4/h5-13,18,23-24,30H,14-17,19H2,1-4H3,(H,31,32,33). The molecule has 4 aromatic rings. The van der Waals surface area contributed by atoms with E-state index in [1.807, 2.05) is 26.2 Å². The van der Waals surface area contributed by atoms with E-state index in [2.05, 4.69) is 82.5 Å². The Bertz CT molecular complexity index is 1290. The highest BCUT2D eigenvalue weighted by Crippen LogP contribution is 2.27. The van der Waals surface area contributed by atoms with Crippen molar-refractivity contribution >= 4 is 22.7 Å². The summed E-state index contributed by atoms with van der Waals surface area (Å²) in [5, 5.41) is 8.53. The number of hydrogen-bond donors (Lipinski definition) is 2. The molecular formula is C29H36N6. The second-order valence-electron chi connectivity index (χ2n) is 9.92. The van der Waals surface area contributed by atoms with Crippen molar-refractivity contribution in [3.63, 3.8) is 0 Å². The van der Waals surface area contributed by atoms with E-state index in [1.165, 1.54) is 22.6 Å². The van der Waals surface area contributed by atoms with E-state index in [4.69, 9.17) is 9.97 Å². The maximum atomic E-state index is 4.82. The van der Waals surface area contributed by atoms with E-state index >= 15 is 0 Å². The minimum absolute atomic E-state index is 0.410. The van der Waals surface area contributed by atoms with Crippen LogP contribution >= 0.6 is 0 Å². The number of nitrogens with one attached hydrogen (secondary N) is 2. The molecule has 2 N–H and O–H groups in total. The second-order valence-corrected chi connectivity index (χ2v) is 9.92. The number of hydrogen-bond acceptors (Lipinski definition) is 5. The number of nitrogens with zero attached hydrogens (tertiary/aromatic N) is 4. The smallest absolute Gasteiger partial charge is 0.225 e. The molecule has 0 amide bonds. The van der Waals surface area contributed by atoms with Crippen LogP contribution in [-0.2, 0) is 6.54 Å². The fourth-order valence-electron chi connectivity index (χ4n) is 5.33. The summed E-state index contributed by atoms with van der Waals surface area (Å²) >= 11 is 0. The SMILES string of the molecule is Cc1cc(CNC2CCC(Nc3nc(N(C)C)c4ccccc4n3)CC2)c(C)n1-c1ccccc1. The summed E-state index contributed by atoms with van der Waals surface area (Å²) in [6.07, 6.45) is 4.55. The first-order valence-electron chi connectivity index (χ1n) is 12.7. The minimum atomic E-state index is 0.410. The van der Waals surface area contributed by atoms with Gasteiger partial charge in [-0.15, -0.1) is 0 Å². The number of anilines is 2. The molecule has 0 bridgehead atoms. The Labute approximate surface area is 208 Å². The molecule has 1 fully saturated rings. The number of benzene rings is 2. The van der Waals surface area contributed by atoms with Gasteiger partial charge in [-0.2, -0.15) is 4.98 Å². The van der Waals surface area contributed by atoms with E-state index in [-0.39, 0.29) is 0 Å². The molecule has 0 unspecified atom stereocenters. The van der Waals surface area contributed by atoms with E-state index in [0.29, 0.717) is 12.1 Å². The molecule has 6 nitrogen and oxygen atoms in total. The van der Waals surface area contributed by atoms with Gasteiger partial charge in [0.15, 0.2) is 0 Å². The second kappa shape index (κ2) is 10.1. The Morgan fingerprint density at radius 1 is 0.886 bits per heavy atom. The highest BCUT2D eigenvalue weighted by molar-refractivity contribution is 5.90. The molecule has 2 heterocycles. The molecule has 35 heavy (non-hydrogen) atoms. The first-order valence-corrected chi connectivity index (χ1v) is 12.7. The van der Waals surface area contributed by atoms with Crippen LogP contribution in [0, 0.1) is 13.8 Å². The number of aromatic nitrogens is 3. The van der Waals surface area contributed by atoms with Gasteiger partial charge in [0, 0.05) is 55.2 Å². The van der Waals surface area contributed by atoms with Crippen molar-refractivity contribution in [2.45, 2.75) is 58.2 Å². The van der Waals surface area contributed by atoms with Gasteiger partial charge in [-0.05, 0) is 75.4 Å². The van der Waals surface area contributed by atoms with Crippen LogP contribution in [0.4, 0.5) is 11.8 Å². The predicted molar refractivity (Wildman–Crippen MR) is 146 cm³/mol. The normalized spacial score (nSPS) is 18.1. The van der Waals surface area contributed by atoms with Crippen LogP contribution < -0.4 is 15.5 Å². The molecule has 2 aromatic carbocycles. The van der Waals surface area contributed by atoms with Crippen molar-refractivity contribution in [3.8, 4) is 5.69 Å². The lowest BCUT2D eigenvalue weighted by Gasteiger charge is -2.30. The third kappa shape index (κ3) is 5.03. The molecule has 0 radical (unpaired) electrons. The molecular weight excluding hydrogens is 432 g/mol. The lowest BCUT2D eigenvalue weighted by molar-refractivity contribution is 0.352. The Hall–Kier alpha value is -3.38. The van der Waals surface area contributed by atoms with Crippen LogP contribution in [0.15, 0.2) is 60.7 Å². The van der Waals surface area contributed by atoms with Gasteiger partial charge in [0.2, 0.25) is 5.95 Å². The van der Waals surface area contributed by atoms with Crippen LogP contribution in [0.25, 0.3) is 16.6 Å². The topological polar surface area (TPSA) is 58.0 Å². The van der Waals surface area contributed by atoms with Crippen molar-refractivity contribution < 1.29 is 0 Å². The van der Waals surface area contributed by atoms with Crippen LogP contribution in [0.1, 0.15) is 42.6 Å². The Morgan fingerprint density at radius 2 is 1.57 bits per heavy atom. The molecule has 1 aliphatic rings. The van der Waals surface area contributed by atoms with Gasteiger partial charge in [0.25, 0.3) is 0 Å². The first-order chi connectivity index (χ1) is 17.0. The molecule has 2 aromatic heterocycles. The summed E-state index contributed by atoms with van der Waals surface area (Å²) in [5.74, 6) is 1.69. The van der Waals surface area contributed by atoms with Gasteiger partial charge in [0.1, 0.15) is 5.82 Å². The third-order valence-electron chi connectivity index (χ3n) is 7.20. The summed E-state index contributed by atoms with van der Waals surface area (Å²) in [5.41, 5.74) is 6.20. The van der Waals surface area contributed by atoms with Crippen molar-refractivity contribution in [2.75, 3.05) is 24.3 Å². The predicted octanol–water partition coefficient (Wildman–Crippen LogP) is 5.62.